The van der Waals surface area contributed by atoms with Gasteiger partial charge in [0.1, 0.15) is 0 Å². The van der Waals surface area contributed by atoms with Gasteiger partial charge in [0.25, 0.3) is 0 Å². The van der Waals surface area contributed by atoms with Crippen molar-refractivity contribution in [3.8, 4) is 0 Å². The van der Waals surface area contributed by atoms with Crippen molar-refractivity contribution in [3.05, 3.63) is 0 Å². The lowest BCUT2D eigenvalue weighted by molar-refractivity contribution is 0.283. The van der Waals surface area contributed by atoms with Crippen LogP contribution >= 0.6 is 0 Å². The van der Waals surface area contributed by atoms with Gasteiger partial charge in [0.2, 0.25) is 0 Å². The minimum absolute atomic E-state index is 0.500. The van der Waals surface area contributed by atoms with Gasteiger partial charge in [-0.15, -0.1) is 0 Å². The lowest BCUT2D eigenvalue weighted by Gasteiger charge is -2.22. The highest BCUT2D eigenvalue weighted by Gasteiger charge is 2.16. The van der Waals surface area contributed by atoms with Crippen LogP contribution in [-0.4, -0.2) is 0 Å². The molecule has 0 aromatic carbocycles. The molecule has 0 amide bonds. The van der Waals surface area contributed by atoms with Crippen molar-refractivity contribution in [2.45, 2.75) is 653 Å². The van der Waals surface area contributed by atoms with Crippen LogP contribution in [0.15, 0.2) is 0 Å². The molecule has 0 aromatic heterocycles. The summed E-state index contributed by atoms with van der Waals surface area (Å²) in [7, 11) is 0. The molecule has 0 radical (unpaired) electrons. The summed E-state index contributed by atoms with van der Waals surface area (Å²) >= 11 is 0. The lowest BCUT2D eigenvalue weighted by Crippen LogP contribution is -2.12. The van der Waals surface area contributed by atoms with Crippen LogP contribution in [0.4, 0.5) is 0 Å². The van der Waals surface area contributed by atoms with Crippen LogP contribution in [0, 0.1) is 133 Å². The Bertz CT molecular complexity index is 1490. The molecule has 0 N–H and O–H groups in total. The molecule has 4 unspecified atom stereocenters. The van der Waals surface area contributed by atoms with Crippen LogP contribution in [0.5, 0.6) is 0 Å². The van der Waals surface area contributed by atoms with Crippen molar-refractivity contribution >= 4 is 0 Å². The van der Waals surface area contributed by atoms with Crippen molar-refractivity contribution in [2.24, 2.45) is 133 Å². The molecule has 120 heavy (non-hydrogen) atoms. The van der Waals surface area contributed by atoms with E-state index >= 15 is 0 Å². The zero-order valence-corrected chi connectivity index (χ0v) is 99.3. The third-order valence-corrected chi connectivity index (χ3v) is 26.2. The highest BCUT2D eigenvalue weighted by Crippen LogP contribution is 2.28. The lowest BCUT2D eigenvalue weighted by atomic mass is 9.84. The summed E-state index contributed by atoms with van der Waals surface area (Å²) in [4.78, 5) is 0. The average Bonchev–Trinajstić information content (AvgIpc) is 0.891. The third kappa shape index (κ3) is 191. The summed E-state index contributed by atoms with van der Waals surface area (Å²) < 4.78 is 0. The van der Waals surface area contributed by atoms with Gasteiger partial charge < -0.3 is 0 Å². The van der Waals surface area contributed by atoms with Gasteiger partial charge in [0, 0.05) is 0 Å². The van der Waals surface area contributed by atoms with Crippen molar-refractivity contribution in [2.75, 3.05) is 0 Å². The van der Waals surface area contributed by atoms with E-state index in [0.717, 1.165) is 101 Å². The predicted molar refractivity (Wildman–Crippen MR) is 586 cm³/mol. The zero-order valence-electron chi connectivity index (χ0n) is 99.3. The molecule has 6 atom stereocenters. The molecule has 1 fully saturated rings. The molecule has 0 bridgehead atoms. The molecule has 0 nitrogen and oxygen atoms in total. The summed E-state index contributed by atoms with van der Waals surface area (Å²) in [6, 6.07) is 0. The summed E-state index contributed by atoms with van der Waals surface area (Å²) in [5.74, 6) is 15.3. The molecule has 752 valence electrons. The molecule has 0 aromatic rings. The monoisotopic (exact) mass is 1710 g/mol. The first-order valence-electron chi connectivity index (χ1n) is 54.6. The Morgan fingerprint density at radius 2 is 0.458 bits per heavy atom. The largest absolute Gasteiger partial charge is 0.0654 e. The van der Waals surface area contributed by atoms with E-state index in [1.54, 1.807) is 0 Å². The van der Waals surface area contributed by atoms with Gasteiger partial charge in [-0.25, -0.2) is 0 Å². The van der Waals surface area contributed by atoms with Crippen molar-refractivity contribution in [1.29, 1.82) is 0 Å². The molecular formula is C120H272. The van der Waals surface area contributed by atoms with Crippen molar-refractivity contribution in [1.82, 2.24) is 0 Å². The summed E-state index contributed by atoms with van der Waals surface area (Å²) in [6.45, 7) is 138. The molecular weight excluding hydrogens is 1440 g/mol. The highest BCUT2D eigenvalue weighted by molar-refractivity contribution is 4.67. The van der Waals surface area contributed by atoms with Crippen LogP contribution in [0.2, 0.25) is 0 Å². The maximum absolute atomic E-state index is 2.36. The standard InChI is InChI=1S/C8H18.C7H14.15C7H16/c1-4-6-7-8(3)5-2;1-7-5-3-2-4-6-7;2*1-6(2)7(3,4)5;1-6(2)5-7(3)4;2*1-5-6-7(2,3)4;2*1-5-7(3,4)6-2;3*1-5-7(4)6(2)3;2*1-4-5-6-7(2)3;2*1-4-6-7(3)5-2;1-4-7(5-2)6-3/h8H,4-7H2,1-3H3;7H,2-6H2,1H3;2*6H,1-5H3;6-7H,5H2,1-4H3;4*5-6H2,1-4H3;3*6-7H,5H2,1-4H3;5*7H,4-6H2,1-3H3/t8-;;;;;;;;;7-;;;;;;;/m1........0......./s1. The third-order valence-electron chi connectivity index (χ3n) is 26.2. The fourth-order valence-corrected chi connectivity index (χ4v) is 9.91. The van der Waals surface area contributed by atoms with E-state index in [-0.39, 0.29) is 0 Å². The van der Waals surface area contributed by atoms with Gasteiger partial charge >= 0.3 is 0 Å². The fraction of sp³-hybridized carbons (Fsp3) is 1.00. The number of hydrogen-bond acceptors (Lipinski definition) is 0. The summed E-state index contributed by atoms with van der Waals surface area (Å²) in [6.07, 6.45) is 49.3. The first-order chi connectivity index (χ1) is 54.6. The Hall–Kier alpha value is 0. The fourth-order valence-electron chi connectivity index (χ4n) is 9.91. The molecule has 1 rings (SSSR count). The molecule has 1 saturated carbocycles. The Labute approximate surface area is 781 Å². The van der Waals surface area contributed by atoms with E-state index in [0.29, 0.717) is 32.5 Å². The molecule has 1 aliphatic carbocycles. The van der Waals surface area contributed by atoms with Crippen LogP contribution in [0.25, 0.3) is 0 Å². The van der Waals surface area contributed by atoms with Crippen LogP contribution in [0.3, 0.4) is 0 Å². The second-order valence-electron chi connectivity index (χ2n) is 47.5. The average molecular weight is 1720 g/mol. The van der Waals surface area contributed by atoms with Crippen molar-refractivity contribution in [3.63, 3.8) is 0 Å². The van der Waals surface area contributed by atoms with E-state index in [1.165, 1.54) is 231 Å². The van der Waals surface area contributed by atoms with Gasteiger partial charge in [-0.2, -0.15) is 0 Å². The Morgan fingerprint density at radius 3 is 0.517 bits per heavy atom. The second kappa shape index (κ2) is 110. The van der Waals surface area contributed by atoms with E-state index in [2.05, 4.69) is 422 Å². The SMILES string of the molecule is CC(C)C(C)(C)C.CC(C)C(C)(C)C.CC(C)CC(C)C.CC1CCCCC1.CCC(C)(C)CC.CCC(C)(C)CC.CCC(C)C(C)C.CCC(C)C(C)C.CCC(CC)CC.CCCC(C)(C)C.CCCC(C)(C)C.CCCC(C)CC.CCCC(C)CC.CCCCC(C)C.CCCCC(C)C.CCCC[C@H](C)CC.CC[C@H](C)C(C)C. The topological polar surface area (TPSA) is 0 Å². The Kier molecular flexibility index (Phi) is 143. The molecule has 0 saturated heterocycles. The zero-order chi connectivity index (χ0) is 99.3. The summed E-state index contributed by atoms with van der Waals surface area (Å²) in [5.41, 5.74) is 3.27. The van der Waals surface area contributed by atoms with Gasteiger partial charge in [0.15, 0.2) is 0 Å². The predicted octanol–water partition coefficient (Wildman–Crippen LogP) is 47.4. The Balaban J connectivity index is -0.0000000684. The van der Waals surface area contributed by atoms with E-state index < -0.39 is 0 Å². The molecule has 1 aliphatic rings. The van der Waals surface area contributed by atoms with Crippen LogP contribution < -0.4 is 0 Å². The molecule has 0 aliphatic heterocycles. The first-order valence-corrected chi connectivity index (χ1v) is 54.6. The van der Waals surface area contributed by atoms with Gasteiger partial charge in [-0.05, 0) is 152 Å². The van der Waals surface area contributed by atoms with Crippen LogP contribution in [0.1, 0.15) is 653 Å². The smallest absolute Gasteiger partial charge is 0.0359 e. The minimum Gasteiger partial charge on any atom is -0.0654 e. The molecule has 0 heteroatoms. The normalized spacial score (nSPS) is 13.4. The second-order valence-corrected chi connectivity index (χ2v) is 47.5. The molecule has 0 heterocycles. The molecule has 0 spiro atoms. The maximum Gasteiger partial charge on any atom is -0.0359 e. The first kappa shape index (κ1) is 157. The minimum atomic E-state index is 0.500. The number of hydrogen-bond donors (Lipinski definition) is 0. The maximum atomic E-state index is 2.36. The number of unbranched alkanes of at least 4 members (excludes halogenated alkanes) is 3. The van der Waals surface area contributed by atoms with Crippen molar-refractivity contribution < 1.29 is 0 Å². The Morgan fingerprint density at radius 1 is 0.242 bits per heavy atom. The van der Waals surface area contributed by atoms with Gasteiger partial charge in [-0.3, -0.25) is 0 Å². The van der Waals surface area contributed by atoms with E-state index in [9.17, 15) is 0 Å². The number of rotatable bonds is 33. The highest BCUT2D eigenvalue weighted by atomic mass is 14.2. The van der Waals surface area contributed by atoms with Crippen LogP contribution in [-0.2, 0) is 0 Å². The quantitative estimate of drug-likeness (QED) is 0.0614. The summed E-state index contributed by atoms with van der Waals surface area (Å²) in [5, 5.41) is 0. The van der Waals surface area contributed by atoms with Gasteiger partial charge in [-0.1, -0.05) is 634 Å². The van der Waals surface area contributed by atoms with E-state index in [1.807, 2.05) is 0 Å². The van der Waals surface area contributed by atoms with E-state index in [4.69, 9.17) is 0 Å². The van der Waals surface area contributed by atoms with Gasteiger partial charge in [0.05, 0.1) is 0 Å².